The number of benzene rings is 1. The smallest absolute Gasteiger partial charge is 0.316 e. The second-order valence-corrected chi connectivity index (χ2v) is 4.09. The number of hydrogen-bond acceptors (Lipinski definition) is 3. The van der Waals surface area contributed by atoms with Crippen molar-refractivity contribution in [3.8, 4) is 0 Å². The van der Waals surface area contributed by atoms with Crippen LogP contribution in [0.2, 0.25) is 0 Å². The highest BCUT2D eigenvalue weighted by Crippen LogP contribution is 2.15. The molecule has 0 aromatic heterocycles. The number of hydrogen-bond donors (Lipinski definition) is 1. The first kappa shape index (κ1) is 13.6. The number of carbonyl (C=O) groups excluding carboxylic acids is 1. The van der Waals surface area contributed by atoms with Crippen LogP contribution >= 0.6 is 0 Å². The Bertz CT molecular complexity index is 300. The van der Waals surface area contributed by atoms with E-state index in [-0.39, 0.29) is 6.47 Å². The molecule has 1 N–H and O–H groups in total. The molecule has 1 aromatic rings. The highest BCUT2D eigenvalue weighted by molar-refractivity contribution is 5.35. The Morgan fingerprint density at radius 2 is 2.12 bits per heavy atom. The lowest BCUT2D eigenvalue weighted by Gasteiger charge is -2.22. The fourth-order valence-electron chi connectivity index (χ4n) is 2.05. The van der Waals surface area contributed by atoms with E-state index in [1.807, 2.05) is 0 Å². The third-order valence-electron chi connectivity index (χ3n) is 2.80. The lowest BCUT2D eigenvalue weighted by molar-refractivity contribution is -0.165. The van der Waals surface area contributed by atoms with Gasteiger partial charge in [-0.3, -0.25) is 9.74 Å². The number of nitrogens with one attached hydrogen (secondary N) is 1. The van der Waals surface area contributed by atoms with E-state index < -0.39 is 0 Å². The van der Waals surface area contributed by atoms with E-state index in [0.29, 0.717) is 0 Å². The molecule has 1 aromatic carbocycles. The second-order valence-electron chi connectivity index (χ2n) is 4.09. The van der Waals surface area contributed by atoms with Gasteiger partial charge in [0.25, 0.3) is 0 Å². The van der Waals surface area contributed by atoms with Crippen molar-refractivity contribution in [3.05, 3.63) is 35.9 Å². The van der Waals surface area contributed by atoms with Crippen LogP contribution in [-0.2, 0) is 16.2 Å². The van der Waals surface area contributed by atoms with Gasteiger partial charge in [-0.25, -0.2) is 0 Å². The van der Waals surface area contributed by atoms with Gasteiger partial charge in [-0.1, -0.05) is 30.3 Å². The predicted octanol–water partition coefficient (Wildman–Crippen LogP) is 2.27. The molecule has 0 saturated carbocycles. The number of rotatable bonds is 3. The minimum absolute atomic E-state index is 0.292. The van der Waals surface area contributed by atoms with Crippen LogP contribution in [0.5, 0.6) is 0 Å². The molecule has 0 unspecified atom stereocenters. The summed E-state index contributed by atoms with van der Waals surface area (Å²) in [6, 6.07) is 10.8. The van der Waals surface area contributed by atoms with Gasteiger partial charge in [0.15, 0.2) is 0 Å². The Morgan fingerprint density at radius 3 is 2.65 bits per heavy atom. The SMILES string of the molecule is O=COF.c1ccc(C[C@H]2CCCNC2)cc1. The molecule has 4 heteroatoms. The molecule has 1 saturated heterocycles. The van der Waals surface area contributed by atoms with Crippen LogP contribution < -0.4 is 5.32 Å². The lowest BCUT2D eigenvalue weighted by atomic mass is 9.92. The Hall–Kier alpha value is -1.42. The molecule has 0 spiro atoms. The number of halogens is 1. The van der Waals surface area contributed by atoms with Crippen molar-refractivity contribution in [3.63, 3.8) is 0 Å². The average Bonchev–Trinajstić information content (AvgIpc) is 2.41. The lowest BCUT2D eigenvalue weighted by Crippen LogP contribution is -2.30. The first-order valence-electron chi connectivity index (χ1n) is 5.82. The largest absolute Gasteiger partial charge is 0.337 e. The summed E-state index contributed by atoms with van der Waals surface area (Å²) in [7, 11) is 0. The van der Waals surface area contributed by atoms with Crippen molar-refractivity contribution in [2.45, 2.75) is 19.3 Å². The normalized spacial score (nSPS) is 18.8. The van der Waals surface area contributed by atoms with Gasteiger partial charge < -0.3 is 5.32 Å². The molecule has 0 radical (unpaired) electrons. The van der Waals surface area contributed by atoms with Gasteiger partial charge in [-0.05, 0) is 43.8 Å². The molecule has 1 heterocycles. The van der Waals surface area contributed by atoms with Crippen LogP contribution in [0.3, 0.4) is 0 Å². The van der Waals surface area contributed by atoms with E-state index in [0.717, 1.165) is 5.92 Å². The maximum atomic E-state index is 9.85. The van der Waals surface area contributed by atoms with Gasteiger partial charge in [0, 0.05) is 4.53 Å². The van der Waals surface area contributed by atoms with E-state index in [2.05, 4.69) is 40.6 Å². The van der Waals surface area contributed by atoms with Gasteiger partial charge >= 0.3 is 6.47 Å². The summed E-state index contributed by atoms with van der Waals surface area (Å²) in [4.78, 5) is 10.9. The van der Waals surface area contributed by atoms with Gasteiger partial charge in [0.2, 0.25) is 0 Å². The highest BCUT2D eigenvalue weighted by Gasteiger charge is 2.12. The van der Waals surface area contributed by atoms with Gasteiger partial charge in [0.1, 0.15) is 0 Å². The van der Waals surface area contributed by atoms with E-state index >= 15 is 0 Å². The zero-order chi connectivity index (χ0) is 12.3. The molecule has 1 fully saturated rings. The fraction of sp³-hybridized carbons (Fsp3) is 0.462. The Balaban J connectivity index is 0.000000317. The molecule has 0 aliphatic carbocycles. The molecule has 1 aliphatic rings. The average molecular weight is 239 g/mol. The van der Waals surface area contributed by atoms with Crippen LogP contribution in [0.25, 0.3) is 0 Å². The van der Waals surface area contributed by atoms with Crippen LogP contribution in [0.15, 0.2) is 30.3 Å². The summed E-state index contributed by atoms with van der Waals surface area (Å²) in [5.41, 5.74) is 1.48. The molecule has 17 heavy (non-hydrogen) atoms. The molecular formula is C13H18FNO2. The van der Waals surface area contributed by atoms with E-state index in [9.17, 15) is 4.53 Å². The summed E-state index contributed by atoms with van der Waals surface area (Å²) < 4.78 is 9.85. The van der Waals surface area contributed by atoms with Crippen LogP contribution in [0, 0.1) is 5.92 Å². The van der Waals surface area contributed by atoms with E-state index in [1.165, 1.54) is 37.9 Å². The van der Waals surface area contributed by atoms with Crippen molar-refractivity contribution in [1.29, 1.82) is 0 Å². The van der Waals surface area contributed by atoms with E-state index in [4.69, 9.17) is 4.79 Å². The van der Waals surface area contributed by atoms with Gasteiger partial charge in [-0.15, -0.1) is 0 Å². The standard InChI is InChI=1S/C12H17N.CHFO2/c1-2-5-11(6-3-1)9-12-7-4-8-13-10-12;2-4-1-3/h1-3,5-6,12-13H,4,7-10H2;1H/t12-;/m1./s1. The molecule has 1 aliphatic heterocycles. The van der Waals surface area contributed by atoms with Gasteiger partial charge in [0.05, 0.1) is 0 Å². The molecule has 0 bridgehead atoms. The second kappa shape index (κ2) is 8.70. The third kappa shape index (κ3) is 6.02. The van der Waals surface area contributed by atoms with Crippen LogP contribution in [0.4, 0.5) is 4.53 Å². The maximum Gasteiger partial charge on any atom is 0.337 e. The first-order chi connectivity index (χ1) is 8.36. The molecule has 3 nitrogen and oxygen atoms in total. The minimum Gasteiger partial charge on any atom is -0.316 e. The Morgan fingerprint density at radius 1 is 1.41 bits per heavy atom. The number of carbonyl (C=O) groups is 1. The predicted molar refractivity (Wildman–Crippen MR) is 64.0 cm³/mol. The zero-order valence-electron chi connectivity index (χ0n) is 9.77. The topological polar surface area (TPSA) is 38.3 Å². The van der Waals surface area contributed by atoms with Crippen molar-refractivity contribution in [1.82, 2.24) is 5.32 Å². The zero-order valence-corrected chi connectivity index (χ0v) is 9.77. The third-order valence-corrected chi connectivity index (χ3v) is 2.80. The molecule has 94 valence electrons. The summed E-state index contributed by atoms with van der Waals surface area (Å²) >= 11 is 0. The fourth-order valence-corrected chi connectivity index (χ4v) is 2.05. The van der Waals surface area contributed by atoms with Crippen LogP contribution in [-0.4, -0.2) is 19.6 Å². The number of piperidine rings is 1. The molecular weight excluding hydrogens is 221 g/mol. The molecule has 2 rings (SSSR count). The van der Waals surface area contributed by atoms with Crippen molar-refractivity contribution in [2.24, 2.45) is 5.92 Å². The van der Waals surface area contributed by atoms with Crippen molar-refractivity contribution in [2.75, 3.05) is 13.1 Å². The summed E-state index contributed by atoms with van der Waals surface area (Å²) in [5.74, 6) is 0.858. The minimum atomic E-state index is -0.292. The van der Waals surface area contributed by atoms with Crippen molar-refractivity contribution >= 4 is 6.47 Å². The van der Waals surface area contributed by atoms with Crippen LogP contribution in [0.1, 0.15) is 18.4 Å². The van der Waals surface area contributed by atoms with E-state index in [1.54, 1.807) is 0 Å². The highest BCUT2D eigenvalue weighted by atomic mass is 19.3. The summed E-state index contributed by atoms with van der Waals surface area (Å²) in [5, 5.41) is 3.46. The Kier molecular flexibility index (Phi) is 6.98. The monoisotopic (exact) mass is 239 g/mol. The maximum absolute atomic E-state index is 9.85. The van der Waals surface area contributed by atoms with Gasteiger partial charge in [-0.2, -0.15) is 0 Å². The quantitative estimate of drug-likeness (QED) is 0.822. The summed E-state index contributed by atoms with van der Waals surface area (Å²) in [6.07, 6.45) is 3.98. The molecule has 1 atom stereocenters. The first-order valence-corrected chi connectivity index (χ1v) is 5.82. The summed E-state index contributed by atoms with van der Waals surface area (Å²) in [6.45, 7) is 2.13. The molecule has 0 amide bonds. The van der Waals surface area contributed by atoms with Crippen molar-refractivity contribution < 1.29 is 14.3 Å². The Labute approximate surface area is 101 Å².